The van der Waals surface area contributed by atoms with Crippen molar-refractivity contribution in [1.29, 1.82) is 0 Å². The van der Waals surface area contributed by atoms with Crippen LogP contribution in [-0.2, 0) is 0 Å². The third kappa shape index (κ3) is 3.24. The van der Waals surface area contributed by atoms with Gasteiger partial charge in [-0.2, -0.15) is 0 Å². The molecule has 0 aromatic carbocycles. The number of hydrogen-bond donors (Lipinski definition) is 1. The van der Waals surface area contributed by atoms with Crippen LogP contribution >= 0.6 is 22.7 Å². The lowest BCUT2D eigenvalue weighted by Gasteiger charge is -2.22. The average Bonchev–Trinajstić information content (AvgIpc) is 2.96. The van der Waals surface area contributed by atoms with Crippen molar-refractivity contribution in [2.75, 3.05) is 5.32 Å². The van der Waals surface area contributed by atoms with Crippen molar-refractivity contribution >= 4 is 34.1 Å². The van der Waals surface area contributed by atoms with Crippen molar-refractivity contribution in [1.82, 2.24) is 14.4 Å². The zero-order valence-electron chi connectivity index (χ0n) is 14.8. The minimum Gasteiger partial charge on any atom is -0.365 e. The van der Waals surface area contributed by atoms with Crippen molar-refractivity contribution < 1.29 is 0 Å². The highest BCUT2D eigenvalue weighted by molar-refractivity contribution is 7.30. The van der Waals surface area contributed by atoms with E-state index in [4.69, 9.17) is 11.4 Å². The molecule has 5 rings (SSSR count). The van der Waals surface area contributed by atoms with Crippen molar-refractivity contribution in [2.45, 2.75) is 26.3 Å². The number of aromatic nitrogens is 3. The zero-order valence-corrected chi connectivity index (χ0v) is 16.4. The molecule has 1 N–H and O–H groups in total. The molecule has 0 aliphatic carbocycles. The first-order chi connectivity index (χ1) is 12.5. The monoisotopic (exact) mass is 378 g/mol. The van der Waals surface area contributed by atoms with Crippen LogP contribution in [0.1, 0.15) is 26.3 Å². The van der Waals surface area contributed by atoms with Gasteiger partial charge in [0, 0.05) is 23.5 Å². The normalized spacial score (nSPS) is 11.6. The molecule has 5 heterocycles. The zero-order chi connectivity index (χ0) is 18.3. The number of thiophene rings is 1. The number of pyridine rings is 1. The molecule has 0 fully saturated rings. The van der Waals surface area contributed by atoms with Gasteiger partial charge in [-0.15, -0.1) is 29.1 Å². The van der Waals surface area contributed by atoms with E-state index in [2.05, 4.69) is 41.4 Å². The molecule has 6 heteroatoms. The second kappa shape index (κ2) is 6.27. The quantitative estimate of drug-likeness (QED) is 0.420. The highest BCUT2D eigenvalue weighted by Crippen LogP contribution is 2.42. The summed E-state index contributed by atoms with van der Waals surface area (Å²) in [4.78, 5) is 11.1. The summed E-state index contributed by atoms with van der Waals surface area (Å²) in [5.74, 6) is 3.73. The van der Waals surface area contributed by atoms with Crippen LogP contribution < -0.4 is 5.32 Å². The number of thiazole rings is 1. The molecule has 0 saturated heterocycles. The number of fused-ring (bicyclic) bond motifs is 2. The Labute approximate surface area is 160 Å². The topological polar surface area (TPSA) is 42.2 Å². The van der Waals surface area contributed by atoms with E-state index in [0.29, 0.717) is 0 Å². The molecule has 0 radical (unpaired) electrons. The molecule has 3 aromatic heterocycles. The Morgan fingerprint density at radius 1 is 1.23 bits per heavy atom. The van der Waals surface area contributed by atoms with E-state index in [1.807, 2.05) is 42.0 Å². The van der Waals surface area contributed by atoms with Gasteiger partial charge < -0.3 is 5.32 Å². The number of anilines is 1. The molecule has 0 spiro atoms. The lowest BCUT2D eigenvalue weighted by Crippen LogP contribution is -2.27. The first-order valence-electron chi connectivity index (χ1n) is 8.22. The van der Waals surface area contributed by atoms with Gasteiger partial charge in [-0.1, -0.05) is 12.0 Å². The van der Waals surface area contributed by atoms with Crippen molar-refractivity contribution in [2.24, 2.45) is 0 Å². The summed E-state index contributed by atoms with van der Waals surface area (Å²) in [7, 11) is 0. The molecule has 3 aromatic rings. The standard InChI is InChI=1S/C17H17N3S.C3HNS/c1-5-12-9-11-21-15(12)14-16(19-17(2,3)4)20-10-7-6-8-13(20)18-14;1-2-3(4-1)5-2/h1,6-11,19H,2-4H3;1H. The molecule has 0 saturated carbocycles. The molecular weight excluding hydrogens is 360 g/mol. The minimum absolute atomic E-state index is 0.0614. The maximum Gasteiger partial charge on any atom is 0.140 e. The van der Waals surface area contributed by atoms with Gasteiger partial charge in [-0.25, -0.2) is 9.97 Å². The highest BCUT2D eigenvalue weighted by Gasteiger charge is 2.21. The number of nitrogens with zero attached hydrogens (tertiary/aromatic N) is 3. The number of terminal acetylenes is 1. The van der Waals surface area contributed by atoms with Crippen LogP contribution in [0.25, 0.3) is 26.1 Å². The van der Waals surface area contributed by atoms with Gasteiger partial charge in [0.05, 0.1) is 9.75 Å². The molecule has 0 atom stereocenters. The first kappa shape index (κ1) is 16.8. The Kier molecular flexibility index (Phi) is 4.06. The average molecular weight is 379 g/mol. The van der Waals surface area contributed by atoms with E-state index in [0.717, 1.165) is 27.6 Å². The maximum atomic E-state index is 5.61. The van der Waals surface area contributed by atoms with Crippen molar-refractivity contribution in [3.05, 3.63) is 47.6 Å². The second-order valence-electron chi connectivity index (χ2n) is 6.95. The molecule has 0 bridgehead atoms. The molecule has 130 valence electrons. The van der Waals surface area contributed by atoms with E-state index in [-0.39, 0.29) is 5.54 Å². The highest BCUT2D eigenvalue weighted by atomic mass is 32.1. The van der Waals surface area contributed by atoms with Gasteiger partial charge in [0.1, 0.15) is 22.2 Å². The maximum absolute atomic E-state index is 5.61. The Hall–Kier alpha value is -2.62. The van der Waals surface area contributed by atoms with Gasteiger partial charge >= 0.3 is 0 Å². The lowest BCUT2D eigenvalue weighted by atomic mass is 10.1. The smallest absolute Gasteiger partial charge is 0.140 e. The summed E-state index contributed by atoms with van der Waals surface area (Å²) in [6, 6.07) is 7.96. The predicted octanol–water partition coefficient (Wildman–Crippen LogP) is 5.38. The third-order valence-corrected chi connectivity index (χ3v) is 5.49. The van der Waals surface area contributed by atoms with Crippen LogP contribution in [-0.4, -0.2) is 19.9 Å². The number of rotatable bonds is 2. The van der Waals surface area contributed by atoms with Crippen molar-refractivity contribution in [3.63, 3.8) is 0 Å². The van der Waals surface area contributed by atoms with Crippen LogP contribution in [0.3, 0.4) is 0 Å². The molecule has 4 nitrogen and oxygen atoms in total. The van der Waals surface area contributed by atoms with E-state index in [1.165, 1.54) is 9.88 Å². The second-order valence-corrected chi connectivity index (χ2v) is 8.90. The fraction of sp³-hybridized carbons (Fsp3) is 0.200. The van der Waals surface area contributed by atoms with Gasteiger partial charge in [-0.05, 0) is 44.4 Å². The molecule has 2 aliphatic heterocycles. The van der Waals surface area contributed by atoms with Crippen LogP contribution in [0.5, 0.6) is 0 Å². The summed E-state index contributed by atoms with van der Waals surface area (Å²) in [5.41, 5.74) is 2.66. The Morgan fingerprint density at radius 2 is 2.04 bits per heavy atom. The minimum atomic E-state index is -0.0614. The lowest BCUT2D eigenvalue weighted by molar-refractivity contribution is 0.629. The number of imidazole rings is 1. The van der Waals surface area contributed by atoms with Gasteiger partial charge in [-0.3, -0.25) is 4.40 Å². The molecule has 2 aliphatic rings. The van der Waals surface area contributed by atoms with Crippen LogP contribution in [0.15, 0.2) is 42.0 Å². The predicted molar refractivity (Wildman–Crippen MR) is 111 cm³/mol. The fourth-order valence-electron chi connectivity index (χ4n) is 2.54. The van der Waals surface area contributed by atoms with E-state index >= 15 is 0 Å². The number of hydrogen-bond acceptors (Lipinski definition) is 5. The van der Waals surface area contributed by atoms with Gasteiger partial charge in [0.25, 0.3) is 0 Å². The summed E-state index contributed by atoms with van der Waals surface area (Å²) < 4.78 is 2.07. The molecular formula is C20H18N4S2. The Bertz CT molecular complexity index is 1090. The summed E-state index contributed by atoms with van der Waals surface area (Å²) in [6.45, 7) is 6.40. The van der Waals surface area contributed by atoms with Crippen LogP contribution in [0, 0.1) is 12.3 Å². The first-order valence-corrected chi connectivity index (χ1v) is 9.92. The molecule has 0 amide bonds. The van der Waals surface area contributed by atoms with Gasteiger partial charge in [0.15, 0.2) is 0 Å². The van der Waals surface area contributed by atoms with E-state index < -0.39 is 0 Å². The van der Waals surface area contributed by atoms with Crippen molar-refractivity contribution in [3.8, 4) is 32.8 Å². The fourth-order valence-corrected chi connectivity index (χ4v) is 3.86. The SMILES string of the molecule is C#Cc1ccsc1-c1nc2ccccn2c1NC(C)(C)C.c1nc2sc1-2. The molecule has 0 unspecified atom stereocenters. The summed E-state index contributed by atoms with van der Waals surface area (Å²) in [6.07, 6.45) is 9.51. The summed E-state index contributed by atoms with van der Waals surface area (Å²) in [5, 5.41) is 6.81. The van der Waals surface area contributed by atoms with Gasteiger partial charge in [0.2, 0.25) is 0 Å². The summed E-state index contributed by atoms with van der Waals surface area (Å²) >= 11 is 3.39. The largest absolute Gasteiger partial charge is 0.365 e. The number of nitrogens with one attached hydrogen (secondary N) is 1. The van der Waals surface area contributed by atoms with Crippen LogP contribution in [0.2, 0.25) is 0 Å². The van der Waals surface area contributed by atoms with Crippen LogP contribution in [0.4, 0.5) is 5.82 Å². The Morgan fingerprint density at radius 3 is 2.62 bits per heavy atom. The third-order valence-electron chi connectivity index (χ3n) is 3.73. The van der Waals surface area contributed by atoms with E-state index in [1.54, 1.807) is 22.7 Å². The Balaban J connectivity index is 0.000000283. The van der Waals surface area contributed by atoms with E-state index in [9.17, 15) is 0 Å². The molecule has 26 heavy (non-hydrogen) atoms.